The fraction of sp³-hybridized carbons (Fsp3) is 0.600. The molecule has 2 heterocycles. The number of fused-ring (bicyclic) bond motifs is 1. The quantitative estimate of drug-likeness (QED) is 0.165. The maximum atomic E-state index is 14.9. The second-order valence-corrected chi connectivity index (χ2v) is 15.9. The number of nitrogens with zero attached hydrogens (tertiary/aromatic N) is 3. The summed E-state index contributed by atoms with van der Waals surface area (Å²) in [6.45, 7) is 7.43. The predicted molar refractivity (Wildman–Crippen MR) is 199 cm³/mol. The van der Waals surface area contributed by atoms with E-state index in [0.717, 1.165) is 51.4 Å². The summed E-state index contributed by atoms with van der Waals surface area (Å²) in [5.74, 6) is -3.47. The number of hydrogen-bond donors (Lipinski definition) is 4. The number of hydroxylamine groups is 1. The Hall–Kier alpha value is -4.88. The van der Waals surface area contributed by atoms with E-state index in [9.17, 15) is 28.8 Å². The van der Waals surface area contributed by atoms with Crippen LogP contribution in [0.1, 0.15) is 115 Å². The smallest absolute Gasteiger partial charge is 0.322 e. The molecule has 3 aliphatic rings. The highest BCUT2D eigenvalue weighted by Gasteiger charge is 2.51. The Morgan fingerprint density at radius 1 is 0.889 bits per heavy atom. The van der Waals surface area contributed by atoms with Gasteiger partial charge in [0.25, 0.3) is 5.91 Å². The highest BCUT2D eigenvalue weighted by atomic mass is 16.7. The van der Waals surface area contributed by atoms with Crippen molar-refractivity contribution in [1.29, 1.82) is 0 Å². The lowest BCUT2D eigenvalue weighted by Gasteiger charge is -2.40. The van der Waals surface area contributed by atoms with Crippen molar-refractivity contribution in [2.45, 2.75) is 135 Å². The Morgan fingerprint density at radius 3 is 2.26 bits per heavy atom. The number of ketones is 1. The normalized spacial score (nSPS) is 21.8. The molecule has 2 aromatic rings. The minimum atomic E-state index is -1.13. The highest BCUT2D eigenvalue weighted by molar-refractivity contribution is 6.38. The molecule has 0 spiro atoms. The summed E-state index contributed by atoms with van der Waals surface area (Å²) in [6.07, 6.45) is 13.2. The van der Waals surface area contributed by atoms with Gasteiger partial charge >= 0.3 is 5.91 Å². The first-order valence-electron chi connectivity index (χ1n) is 19.4. The Kier molecular flexibility index (Phi) is 13.8. The van der Waals surface area contributed by atoms with Crippen LogP contribution in [0.15, 0.2) is 48.9 Å². The number of nitrogens with one attached hydrogen (secondary N) is 4. The van der Waals surface area contributed by atoms with Crippen molar-refractivity contribution in [2.75, 3.05) is 0 Å². The first-order valence-corrected chi connectivity index (χ1v) is 19.4. The molecule has 2 unspecified atom stereocenters. The molecule has 2 aliphatic carbocycles. The van der Waals surface area contributed by atoms with Crippen LogP contribution in [0.4, 0.5) is 0 Å². The molecule has 14 heteroatoms. The number of amides is 5. The van der Waals surface area contributed by atoms with Crippen LogP contribution in [0.2, 0.25) is 0 Å². The van der Waals surface area contributed by atoms with Gasteiger partial charge in [0.05, 0.1) is 12.2 Å². The third kappa shape index (κ3) is 10.00. The van der Waals surface area contributed by atoms with Crippen LogP contribution in [-0.4, -0.2) is 80.4 Å². The summed E-state index contributed by atoms with van der Waals surface area (Å²) in [5.41, 5.74) is 1.49. The van der Waals surface area contributed by atoms with Gasteiger partial charge in [-0.1, -0.05) is 84.4 Å². The molecule has 1 aliphatic heterocycles. The lowest BCUT2D eigenvalue weighted by molar-refractivity contribution is -0.148. The first kappa shape index (κ1) is 40.3. The van der Waals surface area contributed by atoms with Gasteiger partial charge in [-0.15, -0.1) is 0 Å². The molecule has 14 nitrogen and oxygen atoms in total. The van der Waals surface area contributed by atoms with E-state index in [1.165, 1.54) is 18.6 Å². The minimum absolute atomic E-state index is 0.0684. The molecule has 6 atom stereocenters. The molecule has 2 saturated carbocycles. The minimum Gasteiger partial charge on any atom is -0.379 e. The van der Waals surface area contributed by atoms with E-state index in [2.05, 4.69) is 31.4 Å². The van der Waals surface area contributed by atoms with E-state index in [-0.39, 0.29) is 35.9 Å². The Bertz CT molecular complexity index is 1630. The Morgan fingerprint density at radius 2 is 1.59 bits per heavy atom. The van der Waals surface area contributed by atoms with Gasteiger partial charge in [-0.3, -0.25) is 33.8 Å². The van der Waals surface area contributed by atoms with E-state index in [1.54, 1.807) is 35.2 Å². The molecule has 3 fully saturated rings. The van der Waals surface area contributed by atoms with Crippen molar-refractivity contribution in [2.24, 2.45) is 17.3 Å². The zero-order valence-corrected chi connectivity index (χ0v) is 31.8. The van der Waals surface area contributed by atoms with Crippen LogP contribution in [0.3, 0.4) is 0 Å². The standard InChI is InChI=1S/C40H55N7O7/c1-5-14-28(33(48)38(52)46-54-27-18-10-7-11-19-27)43-36(50)31-23-26-17-12-13-20-30(26)47(31)39(53)34(40(2,3)4)45-37(51)32(25-15-8-6-9-16-25)44-35(49)29-24-41-21-22-42-29/h7,10-11,18-19,21-22,24-26,28,30-32,34H,5-6,8-9,12-17,20,23H2,1-4H3,(H,43,50)(H,44,49)(H,45,51)(H,46,52)/t26?,28-,30?,31-,32-,34+/m0/s1. The van der Waals surface area contributed by atoms with Gasteiger partial charge in [0.1, 0.15) is 23.8 Å². The molecule has 292 valence electrons. The monoisotopic (exact) mass is 745 g/mol. The van der Waals surface area contributed by atoms with Crippen molar-refractivity contribution in [3.63, 3.8) is 0 Å². The third-order valence-corrected chi connectivity index (χ3v) is 11.0. The van der Waals surface area contributed by atoms with E-state index < -0.39 is 59.0 Å². The number of rotatable bonds is 14. The number of carbonyl (C=O) groups excluding carboxylic acids is 6. The van der Waals surface area contributed by atoms with Crippen LogP contribution >= 0.6 is 0 Å². The van der Waals surface area contributed by atoms with E-state index in [0.29, 0.717) is 25.0 Å². The van der Waals surface area contributed by atoms with Gasteiger partial charge in [0, 0.05) is 18.4 Å². The van der Waals surface area contributed by atoms with Gasteiger partial charge < -0.3 is 25.7 Å². The maximum absolute atomic E-state index is 14.9. The molecule has 5 rings (SSSR count). The van der Waals surface area contributed by atoms with Gasteiger partial charge in [0.15, 0.2) is 5.75 Å². The summed E-state index contributed by atoms with van der Waals surface area (Å²) in [6, 6.07) is 4.28. The summed E-state index contributed by atoms with van der Waals surface area (Å²) < 4.78 is 0. The highest BCUT2D eigenvalue weighted by Crippen LogP contribution is 2.41. The molecular formula is C40H55N7O7. The van der Waals surface area contributed by atoms with Crippen molar-refractivity contribution in [1.82, 2.24) is 36.3 Å². The zero-order chi connectivity index (χ0) is 38.8. The van der Waals surface area contributed by atoms with Crippen LogP contribution in [-0.2, 0) is 24.0 Å². The lowest BCUT2D eigenvalue weighted by Crippen LogP contribution is -2.63. The van der Waals surface area contributed by atoms with Crippen molar-refractivity contribution < 1.29 is 33.6 Å². The van der Waals surface area contributed by atoms with Crippen molar-refractivity contribution in [3.8, 4) is 5.75 Å². The second kappa shape index (κ2) is 18.4. The number of benzene rings is 1. The molecule has 4 N–H and O–H groups in total. The third-order valence-electron chi connectivity index (χ3n) is 11.0. The molecule has 0 radical (unpaired) electrons. The molecule has 0 bridgehead atoms. The SMILES string of the molecule is CCC[C@H](NC(=O)[C@@H]1CC2CCCCC2N1C(=O)[C@@H](NC(=O)[C@@H](NC(=O)c1cnccn1)C1CCCCC1)C(C)(C)C)C(=O)C(=O)NOc1ccccc1. The average Bonchev–Trinajstić information content (AvgIpc) is 3.58. The van der Waals surface area contributed by atoms with E-state index in [4.69, 9.17) is 4.84 Å². The Balaban J connectivity index is 1.36. The summed E-state index contributed by atoms with van der Waals surface area (Å²) in [4.78, 5) is 97.8. The van der Waals surface area contributed by atoms with Crippen molar-refractivity contribution >= 4 is 35.3 Å². The zero-order valence-electron chi connectivity index (χ0n) is 31.8. The number of hydrogen-bond acceptors (Lipinski definition) is 9. The average molecular weight is 746 g/mol. The van der Waals surface area contributed by atoms with Crippen LogP contribution < -0.4 is 26.3 Å². The molecule has 1 saturated heterocycles. The lowest BCUT2D eigenvalue weighted by atomic mass is 9.81. The fourth-order valence-electron chi connectivity index (χ4n) is 8.17. The first-order chi connectivity index (χ1) is 25.9. The predicted octanol–water partition coefficient (Wildman–Crippen LogP) is 3.81. The molecule has 1 aromatic carbocycles. The number of likely N-dealkylation sites (tertiary alicyclic amines) is 1. The van der Waals surface area contributed by atoms with Crippen LogP contribution in [0, 0.1) is 17.3 Å². The number of aromatic nitrogens is 2. The molecule has 5 amide bonds. The molecular weight excluding hydrogens is 690 g/mol. The number of carbonyl (C=O) groups is 6. The van der Waals surface area contributed by atoms with Gasteiger partial charge in [-0.05, 0) is 67.9 Å². The summed E-state index contributed by atoms with van der Waals surface area (Å²) in [5, 5.41) is 8.73. The van der Waals surface area contributed by atoms with Crippen LogP contribution in [0.25, 0.3) is 0 Å². The van der Waals surface area contributed by atoms with Gasteiger partial charge in [-0.25, -0.2) is 4.98 Å². The van der Waals surface area contributed by atoms with E-state index in [1.807, 2.05) is 27.7 Å². The Labute approximate surface area is 317 Å². The second-order valence-electron chi connectivity index (χ2n) is 15.9. The van der Waals surface area contributed by atoms with Crippen LogP contribution in [0.5, 0.6) is 5.75 Å². The maximum Gasteiger partial charge on any atom is 0.322 e. The number of Topliss-reactive ketones (excluding diaryl/α,β-unsaturated/α-hetero) is 1. The molecule has 54 heavy (non-hydrogen) atoms. The van der Waals surface area contributed by atoms with Crippen molar-refractivity contribution in [3.05, 3.63) is 54.6 Å². The largest absolute Gasteiger partial charge is 0.379 e. The van der Waals surface area contributed by atoms with Gasteiger partial charge in [-0.2, -0.15) is 5.48 Å². The van der Waals surface area contributed by atoms with Gasteiger partial charge in [0.2, 0.25) is 23.5 Å². The molecule has 1 aromatic heterocycles. The number of para-hydroxylation sites is 1. The summed E-state index contributed by atoms with van der Waals surface area (Å²) >= 11 is 0. The fourth-order valence-corrected chi connectivity index (χ4v) is 8.17. The topological polar surface area (TPSA) is 189 Å². The van der Waals surface area contributed by atoms with E-state index >= 15 is 0 Å². The summed E-state index contributed by atoms with van der Waals surface area (Å²) in [7, 11) is 0.